The number of likely N-dealkylation sites (tertiary alicyclic amines) is 1. The standard InChI is InChI=1S/C18H21N3O4/c1-11-6-12(2)20-18(24)15(11)8-19-17(23)13-7-16(22)21(9-13)10-14-4-3-5-25-14/h3-6,13H,7-10H2,1-2H3,(H,19,23)(H,20,24). The fourth-order valence-electron chi connectivity index (χ4n) is 3.11. The number of hydrogen-bond acceptors (Lipinski definition) is 4. The average Bonchev–Trinajstić information content (AvgIpc) is 3.17. The number of pyridine rings is 1. The number of nitrogens with one attached hydrogen (secondary N) is 2. The van der Waals surface area contributed by atoms with Crippen LogP contribution in [0.5, 0.6) is 0 Å². The lowest BCUT2D eigenvalue weighted by Crippen LogP contribution is -2.34. The van der Waals surface area contributed by atoms with Gasteiger partial charge in [0, 0.05) is 30.8 Å². The monoisotopic (exact) mass is 343 g/mol. The van der Waals surface area contributed by atoms with Crippen LogP contribution in [-0.2, 0) is 22.7 Å². The number of nitrogens with zero attached hydrogens (tertiary/aromatic N) is 1. The number of carbonyl (C=O) groups is 2. The predicted molar refractivity (Wildman–Crippen MR) is 90.6 cm³/mol. The summed E-state index contributed by atoms with van der Waals surface area (Å²) < 4.78 is 5.25. The number of carbonyl (C=O) groups excluding carboxylic acids is 2. The Kier molecular flexibility index (Phi) is 4.74. The molecule has 7 heteroatoms. The van der Waals surface area contributed by atoms with E-state index in [1.165, 1.54) is 0 Å². The Morgan fingerprint density at radius 2 is 2.20 bits per heavy atom. The van der Waals surface area contributed by atoms with E-state index < -0.39 is 5.92 Å². The second kappa shape index (κ2) is 6.96. The molecule has 1 saturated heterocycles. The smallest absolute Gasteiger partial charge is 0.253 e. The summed E-state index contributed by atoms with van der Waals surface area (Å²) in [5, 5.41) is 2.78. The first-order valence-electron chi connectivity index (χ1n) is 8.21. The molecule has 25 heavy (non-hydrogen) atoms. The van der Waals surface area contributed by atoms with Gasteiger partial charge in [-0.3, -0.25) is 14.4 Å². The van der Waals surface area contributed by atoms with Crippen molar-refractivity contribution in [1.29, 1.82) is 0 Å². The van der Waals surface area contributed by atoms with Crippen molar-refractivity contribution in [1.82, 2.24) is 15.2 Å². The molecule has 0 aliphatic carbocycles. The normalized spacial score (nSPS) is 17.1. The highest BCUT2D eigenvalue weighted by Gasteiger charge is 2.34. The Hall–Kier alpha value is -2.83. The van der Waals surface area contributed by atoms with Crippen LogP contribution < -0.4 is 10.9 Å². The molecule has 2 N–H and O–H groups in total. The quantitative estimate of drug-likeness (QED) is 0.854. The molecule has 132 valence electrons. The van der Waals surface area contributed by atoms with Crippen molar-refractivity contribution in [2.75, 3.05) is 6.54 Å². The number of amides is 2. The van der Waals surface area contributed by atoms with Crippen LogP contribution in [0.2, 0.25) is 0 Å². The Labute approximate surface area is 145 Å². The van der Waals surface area contributed by atoms with E-state index in [9.17, 15) is 14.4 Å². The Bertz CT molecular complexity index is 839. The highest BCUT2D eigenvalue weighted by Crippen LogP contribution is 2.20. The van der Waals surface area contributed by atoms with Gasteiger partial charge < -0.3 is 19.6 Å². The van der Waals surface area contributed by atoms with Crippen molar-refractivity contribution in [2.24, 2.45) is 5.92 Å². The fraction of sp³-hybridized carbons (Fsp3) is 0.389. The molecule has 0 spiro atoms. The molecule has 0 saturated carbocycles. The molecular formula is C18H21N3O4. The van der Waals surface area contributed by atoms with Crippen LogP contribution in [0, 0.1) is 19.8 Å². The second-order valence-corrected chi connectivity index (χ2v) is 6.42. The molecule has 0 aromatic carbocycles. The van der Waals surface area contributed by atoms with E-state index in [1.807, 2.05) is 19.9 Å². The van der Waals surface area contributed by atoms with E-state index in [4.69, 9.17) is 4.42 Å². The summed E-state index contributed by atoms with van der Waals surface area (Å²) in [7, 11) is 0. The van der Waals surface area contributed by atoms with Crippen LogP contribution in [-0.4, -0.2) is 28.2 Å². The summed E-state index contributed by atoms with van der Waals surface area (Å²) in [6.45, 7) is 4.53. The topological polar surface area (TPSA) is 95.4 Å². The van der Waals surface area contributed by atoms with Crippen LogP contribution in [0.3, 0.4) is 0 Å². The second-order valence-electron chi connectivity index (χ2n) is 6.42. The summed E-state index contributed by atoms with van der Waals surface area (Å²) >= 11 is 0. The van der Waals surface area contributed by atoms with E-state index in [1.54, 1.807) is 23.3 Å². The van der Waals surface area contributed by atoms with Crippen LogP contribution in [0.25, 0.3) is 0 Å². The van der Waals surface area contributed by atoms with Gasteiger partial charge in [-0.2, -0.15) is 0 Å². The minimum atomic E-state index is -0.410. The van der Waals surface area contributed by atoms with Crippen molar-refractivity contribution in [3.8, 4) is 0 Å². The van der Waals surface area contributed by atoms with Gasteiger partial charge in [0.15, 0.2) is 0 Å². The lowest BCUT2D eigenvalue weighted by Gasteiger charge is -2.15. The van der Waals surface area contributed by atoms with Gasteiger partial charge >= 0.3 is 0 Å². The molecule has 2 amide bonds. The molecule has 0 bridgehead atoms. The first-order chi connectivity index (χ1) is 11.9. The number of aryl methyl sites for hydroxylation is 2. The fourth-order valence-corrected chi connectivity index (χ4v) is 3.11. The van der Waals surface area contributed by atoms with Gasteiger partial charge in [-0.05, 0) is 37.6 Å². The lowest BCUT2D eigenvalue weighted by molar-refractivity contribution is -0.129. The number of furan rings is 1. The minimum Gasteiger partial charge on any atom is -0.467 e. The SMILES string of the molecule is Cc1cc(C)c(CNC(=O)C2CC(=O)N(Cc3ccco3)C2)c(=O)[nH]1. The number of aromatic nitrogens is 1. The third-order valence-corrected chi connectivity index (χ3v) is 4.45. The summed E-state index contributed by atoms with van der Waals surface area (Å²) in [5.74, 6) is -0.000829. The predicted octanol–water partition coefficient (Wildman–Crippen LogP) is 1.25. The highest BCUT2D eigenvalue weighted by molar-refractivity contribution is 5.89. The molecule has 2 aromatic rings. The maximum absolute atomic E-state index is 12.4. The lowest BCUT2D eigenvalue weighted by atomic mass is 10.1. The molecule has 2 aromatic heterocycles. The zero-order valence-electron chi connectivity index (χ0n) is 14.3. The summed E-state index contributed by atoms with van der Waals surface area (Å²) in [6.07, 6.45) is 1.73. The Balaban J connectivity index is 1.59. The average molecular weight is 343 g/mol. The third kappa shape index (κ3) is 3.81. The molecule has 1 unspecified atom stereocenters. The number of H-pyrrole nitrogens is 1. The van der Waals surface area contributed by atoms with Crippen molar-refractivity contribution >= 4 is 11.8 Å². The van der Waals surface area contributed by atoms with E-state index >= 15 is 0 Å². The Morgan fingerprint density at radius 3 is 2.88 bits per heavy atom. The summed E-state index contributed by atoms with van der Waals surface area (Å²) in [5.41, 5.74) is 1.96. The molecule has 1 aliphatic rings. The number of hydrogen-bond donors (Lipinski definition) is 2. The van der Waals surface area contributed by atoms with E-state index in [0.29, 0.717) is 24.4 Å². The van der Waals surface area contributed by atoms with Crippen molar-refractivity contribution in [2.45, 2.75) is 33.4 Å². The third-order valence-electron chi connectivity index (χ3n) is 4.45. The van der Waals surface area contributed by atoms with Gasteiger partial charge in [0.2, 0.25) is 11.8 Å². The van der Waals surface area contributed by atoms with Gasteiger partial charge in [-0.25, -0.2) is 0 Å². The molecule has 7 nitrogen and oxygen atoms in total. The summed E-state index contributed by atoms with van der Waals surface area (Å²) in [6, 6.07) is 5.43. The molecule has 1 aliphatic heterocycles. The zero-order chi connectivity index (χ0) is 18.0. The molecular weight excluding hydrogens is 322 g/mol. The van der Waals surface area contributed by atoms with Gasteiger partial charge in [0.05, 0.1) is 18.7 Å². The zero-order valence-corrected chi connectivity index (χ0v) is 14.3. The van der Waals surface area contributed by atoms with E-state index in [2.05, 4.69) is 10.3 Å². The summed E-state index contributed by atoms with van der Waals surface area (Å²) in [4.78, 5) is 40.8. The first kappa shape index (κ1) is 17.0. The van der Waals surface area contributed by atoms with Crippen molar-refractivity contribution in [3.05, 3.63) is 57.4 Å². The van der Waals surface area contributed by atoms with Crippen LogP contribution in [0.1, 0.15) is 29.0 Å². The Morgan fingerprint density at radius 1 is 1.40 bits per heavy atom. The van der Waals surface area contributed by atoms with Crippen LogP contribution in [0.15, 0.2) is 33.7 Å². The van der Waals surface area contributed by atoms with Gasteiger partial charge in [0.1, 0.15) is 5.76 Å². The molecule has 3 heterocycles. The first-order valence-corrected chi connectivity index (χ1v) is 8.21. The number of rotatable bonds is 5. The van der Waals surface area contributed by atoms with Gasteiger partial charge in [-0.15, -0.1) is 0 Å². The van der Waals surface area contributed by atoms with E-state index in [0.717, 1.165) is 11.3 Å². The molecule has 1 atom stereocenters. The molecule has 0 radical (unpaired) electrons. The van der Waals surface area contributed by atoms with Gasteiger partial charge in [-0.1, -0.05) is 0 Å². The highest BCUT2D eigenvalue weighted by atomic mass is 16.3. The molecule has 3 rings (SSSR count). The van der Waals surface area contributed by atoms with E-state index in [-0.39, 0.29) is 30.3 Å². The minimum absolute atomic E-state index is 0.0686. The van der Waals surface area contributed by atoms with Crippen LogP contribution >= 0.6 is 0 Å². The maximum Gasteiger partial charge on any atom is 0.253 e. The molecule has 1 fully saturated rings. The largest absolute Gasteiger partial charge is 0.467 e. The van der Waals surface area contributed by atoms with Crippen LogP contribution in [0.4, 0.5) is 0 Å². The van der Waals surface area contributed by atoms with Crippen molar-refractivity contribution < 1.29 is 14.0 Å². The van der Waals surface area contributed by atoms with Crippen molar-refractivity contribution in [3.63, 3.8) is 0 Å². The number of aromatic amines is 1. The maximum atomic E-state index is 12.4. The van der Waals surface area contributed by atoms with Gasteiger partial charge in [0.25, 0.3) is 5.56 Å².